The van der Waals surface area contributed by atoms with Gasteiger partial charge in [0.1, 0.15) is 5.57 Å². The molecule has 0 aliphatic carbocycles. The summed E-state index contributed by atoms with van der Waals surface area (Å²) in [6, 6.07) is 32.6. The van der Waals surface area contributed by atoms with Crippen LogP contribution >= 0.6 is 11.3 Å². The van der Waals surface area contributed by atoms with Crippen LogP contribution < -0.4 is 4.90 Å². The van der Waals surface area contributed by atoms with Crippen molar-refractivity contribution in [3.63, 3.8) is 0 Å². The van der Waals surface area contributed by atoms with E-state index in [9.17, 15) is 9.59 Å². The number of cyclic esters (lactones) is 2. The summed E-state index contributed by atoms with van der Waals surface area (Å²) in [7, 11) is 0. The number of ether oxygens (including phenoxy) is 2. The molecule has 1 aromatic heterocycles. The highest BCUT2D eigenvalue weighted by molar-refractivity contribution is 7.16. The maximum atomic E-state index is 12.2. The number of hydrogen-bond acceptors (Lipinski definition) is 6. The Morgan fingerprint density at radius 1 is 0.686 bits per heavy atom. The van der Waals surface area contributed by atoms with E-state index >= 15 is 0 Å². The molecule has 1 fully saturated rings. The van der Waals surface area contributed by atoms with Crippen LogP contribution in [0.1, 0.15) is 18.7 Å². The molecule has 1 saturated heterocycles. The Morgan fingerprint density at radius 3 is 1.74 bits per heavy atom. The minimum absolute atomic E-state index is 0.102. The van der Waals surface area contributed by atoms with Crippen LogP contribution in [0.3, 0.4) is 0 Å². The molecule has 35 heavy (non-hydrogen) atoms. The summed E-state index contributed by atoms with van der Waals surface area (Å²) < 4.78 is 10.4. The molecule has 0 atom stereocenters. The lowest BCUT2D eigenvalue weighted by atomic mass is 10.1. The first kappa shape index (κ1) is 22.6. The van der Waals surface area contributed by atoms with Gasteiger partial charge in [0, 0.05) is 40.7 Å². The lowest BCUT2D eigenvalue weighted by molar-refractivity contribution is -0.222. The Hall–Kier alpha value is -4.16. The molecular weight excluding hydrogens is 458 g/mol. The molecule has 5 rings (SSSR count). The fourth-order valence-corrected chi connectivity index (χ4v) is 4.84. The summed E-state index contributed by atoms with van der Waals surface area (Å²) in [5, 5.41) is 0. The van der Waals surface area contributed by atoms with Crippen LogP contribution in [-0.4, -0.2) is 17.7 Å². The largest absolute Gasteiger partial charge is 0.419 e. The summed E-state index contributed by atoms with van der Waals surface area (Å²) in [5.41, 5.74) is 4.13. The Morgan fingerprint density at radius 2 is 1.20 bits per heavy atom. The third-order valence-electron chi connectivity index (χ3n) is 5.47. The van der Waals surface area contributed by atoms with E-state index in [1.165, 1.54) is 31.3 Å². The molecule has 0 unspecified atom stereocenters. The maximum absolute atomic E-state index is 12.2. The van der Waals surface area contributed by atoms with Crippen LogP contribution in [0.2, 0.25) is 0 Å². The van der Waals surface area contributed by atoms with Crippen molar-refractivity contribution in [2.75, 3.05) is 4.90 Å². The number of rotatable bonds is 5. The maximum Gasteiger partial charge on any atom is 0.348 e. The number of carbonyl (C=O) groups excluding carboxylic acids is 2. The highest BCUT2D eigenvalue weighted by Crippen LogP contribution is 2.37. The van der Waals surface area contributed by atoms with Crippen LogP contribution in [-0.2, 0) is 19.1 Å². The first-order valence-corrected chi connectivity index (χ1v) is 12.0. The normalized spacial score (nSPS) is 14.7. The third kappa shape index (κ3) is 4.88. The van der Waals surface area contributed by atoms with Gasteiger partial charge >= 0.3 is 11.9 Å². The number of hydrogen-bond donors (Lipinski definition) is 0. The molecule has 4 aromatic rings. The predicted molar refractivity (Wildman–Crippen MR) is 139 cm³/mol. The first-order valence-electron chi connectivity index (χ1n) is 11.2. The first-order chi connectivity index (χ1) is 16.9. The van der Waals surface area contributed by atoms with Gasteiger partial charge in [0.25, 0.3) is 5.79 Å². The molecule has 0 N–H and O–H groups in total. The number of carbonyl (C=O) groups is 2. The van der Waals surface area contributed by atoms with E-state index < -0.39 is 17.7 Å². The van der Waals surface area contributed by atoms with Crippen LogP contribution in [0.15, 0.2) is 103 Å². The second-order valence-electron chi connectivity index (χ2n) is 8.49. The molecule has 6 heteroatoms. The van der Waals surface area contributed by atoms with Crippen molar-refractivity contribution in [1.82, 2.24) is 0 Å². The molecule has 2 heterocycles. The van der Waals surface area contributed by atoms with E-state index in [1.54, 1.807) is 0 Å². The van der Waals surface area contributed by atoms with Crippen LogP contribution in [0.25, 0.3) is 16.5 Å². The minimum Gasteiger partial charge on any atom is -0.419 e. The zero-order valence-electron chi connectivity index (χ0n) is 19.3. The van der Waals surface area contributed by atoms with Crippen molar-refractivity contribution in [1.29, 1.82) is 0 Å². The molecule has 0 radical (unpaired) electrons. The Balaban J connectivity index is 1.42. The standard InChI is InChI=1S/C29H23NO4S/c1-29(2)33-27(31)25(28(32)34-29)19-24-17-18-26(35-24)20-13-15-23(16-14-20)30(21-9-5-3-6-10-21)22-11-7-4-8-12-22/h3-19H,1-2H3. The molecule has 0 saturated carbocycles. The van der Waals surface area contributed by atoms with Crippen molar-refractivity contribution in [2.45, 2.75) is 19.6 Å². The van der Waals surface area contributed by atoms with Crippen LogP contribution in [0.5, 0.6) is 0 Å². The SMILES string of the molecule is CC1(C)OC(=O)C(=Cc2ccc(-c3ccc(N(c4ccccc4)c4ccccc4)cc3)s2)C(=O)O1. The Bertz CT molecular complexity index is 1330. The van der Waals surface area contributed by atoms with Crippen molar-refractivity contribution >= 4 is 46.4 Å². The Labute approximate surface area is 207 Å². The van der Waals surface area contributed by atoms with Gasteiger partial charge in [0.2, 0.25) is 0 Å². The van der Waals surface area contributed by atoms with Crippen molar-refractivity contribution in [3.05, 3.63) is 108 Å². The van der Waals surface area contributed by atoms with E-state index in [0.29, 0.717) is 0 Å². The number of para-hydroxylation sites is 2. The van der Waals surface area contributed by atoms with Crippen LogP contribution in [0, 0.1) is 0 Å². The van der Waals surface area contributed by atoms with E-state index in [4.69, 9.17) is 9.47 Å². The smallest absolute Gasteiger partial charge is 0.348 e. The van der Waals surface area contributed by atoms with Crippen molar-refractivity contribution in [2.24, 2.45) is 0 Å². The third-order valence-corrected chi connectivity index (χ3v) is 6.55. The summed E-state index contributed by atoms with van der Waals surface area (Å²) in [5.74, 6) is -2.60. The van der Waals surface area contributed by atoms with E-state index in [2.05, 4.69) is 53.4 Å². The van der Waals surface area contributed by atoms with Gasteiger partial charge in [-0.15, -0.1) is 11.3 Å². The lowest BCUT2D eigenvalue weighted by Gasteiger charge is -2.29. The van der Waals surface area contributed by atoms with Gasteiger partial charge in [-0.2, -0.15) is 0 Å². The predicted octanol–water partition coefficient (Wildman–Crippen LogP) is 7.10. The van der Waals surface area contributed by atoms with Gasteiger partial charge in [0.15, 0.2) is 0 Å². The van der Waals surface area contributed by atoms with Crippen molar-refractivity contribution in [3.8, 4) is 10.4 Å². The molecule has 174 valence electrons. The van der Waals surface area contributed by atoms with E-state index in [1.807, 2.05) is 48.5 Å². The monoisotopic (exact) mass is 481 g/mol. The van der Waals surface area contributed by atoms with E-state index in [-0.39, 0.29) is 5.57 Å². The van der Waals surface area contributed by atoms with Gasteiger partial charge < -0.3 is 14.4 Å². The number of esters is 2. The summed E-state index contributed by atoms with van der Waals surface area (Å²) in [6.45, 7) is 3.06. The van der Waals surface area contributed by atoms with Gasteiger partial charge in [-0.3, -0.25) is 0 Å². The van der Waals surface area contributed by atoms with E-state index in [0.717, 1.165) is 32.4 Å². The zero-order valence-corrected chi connectivity index (χ0v) is 20.1. The van der Waals surface area contributed by atoms with Gasteiger partial charge in [-0.05, 0) is 60.2 Å². The second-order valence-corrected chi connectivity index (χ2v) is 9.61. The number of anilines is 3. The molecular formula is C29H23NO4S. The van der Waals surface area contributed by atoms with Crippen LogP contribution in [0.4, 0.5) is 17.1 Å². The summed E-state index contributed by atoms with van der Waals surface area (Å²) in [6.07, 6.45) is 1.52. The highest BCUT2D eigenvalue weighted by atomic mass is 32.1. The number of benzene rings is 3. The molecule has 1 aliphatic heterocycles. The average Bonchev–Trinajstić information content (AvgIpc) is 3.32. The number of nitrogens with zero attached hydrogens (tertiary/aromatic N) is 1. The highest BCUT2D eigenvalue weighted by Gasteiger charge is 2.38. The average molecular weight is 482 g/mol. The molecule has 0 spiro atoms. The van der Waals surface area contributed by atoms with Gasteiger partial charge in [0.05, 0.1) is 0 Å². The van der Waals surface area contributed by atoms with Gasteiger partial charge in [-0.25, -0.2) is 9.59 Å². The number of thiophene rings is 1. The molecule has 3 aromatic carbocycles. The Kier molecular flexibility index (Phi) is 5.97. The molecule has 0 bridgehead atoms. The molecule has 5 nitrogen and oxygen atoms in total. The van der Waals surface area contributed by atoms with Gasteiger partial charge in [-0.1, -0.05) is 48.5 Å². The lowest BCUT2D eigenvalue weighted by Crippen LogP contribution is -2.41. The minimum atomic E-state index is -1.25. The summed E-state index contributed by atoms with van der Waals surface area (Å²) >= 11 is 1.49. The molecule has 1 aliphatic rings. The fourth-order valence-electron chi connectivity index (χ4n) is 3.88. The fraction of sp³-hybridized carbons (Fsp3) is 0.103. The second kappa shape index (κ2) is 9.24. The molecule has 0 amide bonds. The quantitative estimate of drug-likeness (QED) is 0.173. The summed E-state index contributed by atoms with van der Waals surface area (Å²) in [4.78, 5) is 28.5. The topological polar surface area (TPSA) is 55.8 Å². The zero-order chi connectivity index (χ0) is 24.4. The van der Waals surface area contributed by atoms with Crippen molar-refractivity contribution < 1.29 is 19.1 Å².